The Labute approximate surface area is 99.8 Å². The van der Waals surface area contributed by atoms with Crippen LogP contribution in [-0.2, 0) is 5.60 Å². The molecule has 0 radical (unpaired) electrons. The van der Waals surface area contributed by atoms with Crippen LogP contribution >= 0.6 is 11.6 Å². The molecule has 2 aliphatic rings. The second-order valence-corrected chi connectivity index (χ2v) is 5.38. The van der Waals surface area contributed by atoms with Crippen molar-refractivity contribution in [3.05, 3.63) is 29.0 Å². The first-order valence-electron chi connectivity index (χ1n) is 5.72. The van der Waals surface area contributed by atoms with Gasteiger partial charge >= 0.3 is 0 Å². The molecule has 3 nitrogen and oxygen atoms in total. The Kier molecular flexibility index (Phi) is 2.42. The fourth-order valence-corrected chi connectivity index (χ4v) is 3.21. The molecule has 1 aliphatic carbocycles. The van der Waals surface area contributed by atoms with Crippen molar-refractivity contribution in [2.75, 3.05) is 13.1 Å². The van der Waals surface area contributed by atoms with Gasteiger partial charge < -0.3 is 10.4 Å². The zero-order chi connectivity index (χ0) is 11.2. The molecule has 1 aromatic heterocycles. The van der Waals surface area contributed by atoms with E-state index in [1.54, 1.807) is 12.3 Å². The minimum absolute atomic E-state index is 0.479. The van der Waals surface area contributed by atoms with Crippen LogP contribution in [0.1, 0.15) is 18.4 Å². The first-order chi connectivity index (χ1) is 7.67. The molecule has 2 heterocycles. The summed E-state index contributed by atoms with van der Waals surface area (Å²) in [6.45, 7) is 2.07. The van der Waals surface area contributed by atoms with Gasteiger partial charge in [-0.15, -0.1) is 0 Å². The van der Waals surface area contributed by atoms with Crippen LogP contribution in [0.4, 0.5) is 0 Å². The molecule has 4 heteroatoms. The van der Waals surface area contributed by atoms with Crippen LogP contribution in [0, 0.1) is 11.8 Å². The third-order valence-electron chi connectivity index (χ3n) is 3.94. The molecule has 0 aromatic carbocycles. The quantitative estimate of drug-likeness (QED) is 0.730. The van der Waals surface area contributed by atoms with Gasteiger partial charge in [0.25, 0.3) is 0 Å². The third-order valence-corrected chi connectivity index (χ3v) is 4.17. The molecule has 1 aliphatic heterocycles. The minimum Gasteiger partial charge on any atom is -0.385 e. The highest BCUT2D eigenvalue weighted by atomic mass is 35.5. The van der Waals surface area contributed by atoms with Gasteiger partial charge in [0.15, 0.2) is 0 Å². The lowest BCUT2D eigenvalue weighted by Gasteiger charge is -2.24. The van der Waals surface area contributed by atoms with E-state index in [1.807, 2.05) is 6.07 Å². The highest BCUT2D eigenvalue weighted by Crippen LogP contribution is 2.46. The van der Waals surface area contributed by atoms with Gasteiger partial charge in [0.05, 0.1) is 5.60 Å². The van der Waals surface area contributed by atoms with E-state index in [0.29, 0.717) is 17.0 Å². The Bertz CT molecular complexity index is 381. The first kappa shape index (κ1) is 10.5. The molecule has 1 saturated heterocycles. The maximum Gasteiger partial charge on any atom is 0.129 e. The predicted molar refractivity (Wildman–Crippen MR) is 62.2 cm³/mol. The summed E-state index contributed by atoms with van der Waals surface area (Å²) in [6.07, 6.45) is 3.39. The van der Waals surface area contributed by atoms with E-state index in [4.69, 9.17) is 11.6 Å². The van der Waals surface area contributed by atoms with Crippen molar-refractivity contribution in [1.82, 2.24) is 10.3 Å². The number of rotatable bonds is 1. The van der Waals surface area contributed by atoms with E-state index in [1.165, 1.54) is 0 Å². The summed E-state index contributed by atoms with van der Waals surface area (Å²) >= 11 is 5.76. The van der Waals surface area contributed by atoms with E-state index < -0.39 is 5.60 Å². The smallest absolute Gasteiger partial charge is 0.129 e. The van der Waals surface area contributed by atoms with E-state index in [-0.39, 0.29) is 0 Å². The zero-order valence-electron chi connectivity index (χ0n) is 8.99. The van der Waals surface area contributed by atoms with Crippen LogP contribution in [0.3, 0.4) is 0 Å². The molecule has 0 bridgehead atoms. The van der Waals surface area contributed by atoms with Crippen molar-refractivity contribution in [1.29, 1.82) is 0 Å². The third kappa shape index (κ3) is 1.63. The summed E-state index contributed by atoms with van der Waals surface area (Å²) in [6, 6.07) is 3.64. The van der Waals surface area contributed by atoms with Crippen molar-refractivity contribution < 1.29 is 5.11 Å². The number of nitrogens with zero attached hydrogens (tertiary/aromatic N) is 1. The summed E-state index contributed by atoms with van der Waals surface area (Å²) in [5, 5.41) is 14.5. The van der Waals surface area contributed by atoms with Crippen molar-refractivity contribution >= 4 is 11.6 Å². The molecule has 2 N–H and O–H groups in total. The van der Waals surface area contributed by atoms with Crippen LogP contribution in [0.2, 0.25) is 5.15 Å². The first-order valence-corrected chi connectivity index (χ1v) is 6.10. The van der Waals surface area contributed by atoms with Gasteiger partial charge in [-0.3, -0.25) is 0 Å². The fraction of sp³-hybridized carbons (Fsp3) is 0.583. The van der Waals surface area contributed by atoms with Crippen LogP contribution in [0.15, 0.2) is 18.3 Å². The Hall–Kier alpha value is -0.640. The van der Waals surface area contributed by atoms with Gasteiger partial charge in [0, 0.05) is 11.8 Å². The predicted octanol–water partition coefficient (Wildman–Crippen LogP) is 1.55. The second-order valence-electron chi connectivity index (χ2n) is 4.99. The fourth-order valence-electron chi connectivity index (χ4n) is 3.10. The molecule has 2 fully saturated rings. The maximum absolute atomic E-state index is 10.6. The number of hydrogen-bond acceptors (Lipinski definition) is 3. The highest BCUT2D eigenvalue weighted by molar-refractivity contribution is 6.29. The van der Waals surface area contributed by atoms with E-state index in [9.17, 15) is 5.11 Å². The molecule has 1 saturated carbocycles. The lowest BCUT2D eigenvalue weighted by atomic mass is 9.92. The number of fused-ring (bicyclic) bond motifs is 1. The van der Waals surface area contributed by atoms with E-state index in [0.717, 1.165) is 31.5 Å². The summed E-state index contributed by atoms with van der Waals surface area (Å²) in [5.41, 5.74) is 0.223. The lowest BCUT2D eigenvalue weighted by molar-refractivity contribution is 0.0355. The number of pyridine rings is 1. The standard InChI is InChI=1S/C12H15ClN2O/c13-11-2-1-10(7-15-11)12(16)3-8-5-14-6-9(8)4-12/h1-2,7-9,14,16H,3-6H2/t8-,9+,12?. The van der Waals surface area contributed by atoms with Crippen LogP contribution in [0.5, 0.6) is 0 Å². The Morgan fingerprint density at radius 3 is 2.56 bits per heavy atom. The van der Waals surface area contributed by atoms with Crippen LogP contribution < -0.4 is 5.32 Å². The van der Waals surface area contributed by atoms with Crippen LogP contribution in [0.25, 0.3) is 0 Å². The van der Waals surface area contributed by atoms with Gasteiger partial charge in [-0.05, 0) is 43.8 Å². The largest absolute Gasteiger partial charge is 0.385 e. The Balaban J connectivity index is 1.86. The number of nitrogens with one attached hydrogen (secondary N) is 1. The molecule has 3 rings (SSSR count). The van der Waals surface area contributed by atoms with Gasteiger partial charge in [-0.1, -0.05) is 17.7 Å². The van der Waals surface area contributed by atoms with Crippen molar-refractivity contribution in [2.24, 2.45) is 11.8 Å². The molecule has 0 amide bonds. The topological polar surface area (TPSA) is 45.2 Å². The summed E-state index contributed by atoms with van der Waals surface area (Å²) in [5.74, 6) is 1.22. The monoisotopic (exact) mass is 238 g/mol. The second kappa shape index (κ2) is 3.69. The zero-order valence-corrected chi connectivity index (χ0v) is 9.74. The average molecular weight is 239 g/mol. The normalized spacial score (nSPS) is 37.6. The molecular weight excluding hydrogens is 224 g/mol. The summed E-state index contributed by atoms with van der Waals surface area (Å²) in [4.78, 5) is 4.05. The van der Waals surface area contributed by atoms with Gasteiger partial charge in [0.1, 0.15) is 5.15 Å². The number of halogens is 1. The molecule has 86 valence electrons. The van der Waals surface area contributed by atoms with Crippen LogP contribution in [-0.4, -0.2) is 23.2 Å². The summed E-state index contributed by atoms with van der Waals surface area (Å²) < 4.78 is 0. The number of hydrogen-bond donors (Lipinski definition) is 2. The molecule has 1 unspecified atom stereocenters. The number of aromatic nitrogens is 1. The average Bonchev–Trinajstić information content (AvgIpc) is 2.77. The molecule has 1 aromatic rings. The minimum atomic E-state index is -0.685. The van der Waals surface area contributed by atoms with Crippen molar-refractivity contribution in [3.8, 4) is 0 Å². The molecule has 16 heavy (non-hydrogen) atoms. The van der Waals surface area contributed by atoms with Gasteiger partial charge in [-0.25, -0.2) is 4.98 Å². The molecular formula is C12H15ClN2O. The van der Waals surface area contributed by atoms with Gasteiger partial charge in [0.2, 0.25) is 0 Å². The van der Waals surface area contributed by atoms with Crippen molar-refractivity contribution in [2.45, 2.75) is 18.4 Å². The highest BCUT2D eigenvalue weighted by Gasteiger charge is 2.46. The van der Waals surface area contributed by atoms with Crippen molar-refractivity contribution in [3.63, 3.8) is 0 Å². The lowest BCUT2D eigenvalue weighted by Crippen LogP contribution is -2.25. The maximum atomic E-state index is 10.6. The number of aliphatic hydroxyl groups is 1. The Morgan fingerprint density at radius 1 is 1.31 bits per heavy atom. The Morgan fingerprint density at radius 2 is 2.00 bits per heavy atom. The SMILES string of the molecule is OC1(c2ccc(Cl)nc2)C[C@H]2CNC[C@H]2C1. The van der Waals surface area contributed by atoms with E-state index >= 15 is 0 Å². The van der Waals surface area contributed by atoms with Gasteiger partial charge in [-0.2, -0.15) is 0 Å². The molecule has 0 spiro atoms. The van der Waals surface area contributed by atoms with E-state index in [2.05, 4.69) is 10.3 Å². The molecule has 3 atom stereocenters. The summed E-state index contributed by atoms with van der Waals surface area (Å²) in [7, 11) is 0.